The second kappa shape index (κ2) is 11.8. The Morgan fingerprint density at radius 3 is 2.56 bits per heavy atom. The van der Waals surface area contributed by atoms with Gasteiger partial charge >= 0.3 is 6.18 Å². The van der Waals surface area contributed by atoms with Gasteiger partial charge in [0.2, 0.25) is 0 Å². The summed E-state index contributed by atoms with van der Waals surface area (Å²) in [6.07, 6.45) is -1.15. The summed E-state index contributed by atoms with van der Waals surface area (Å²) in [5.41, 5.74) is 1.03. The van der Waals surface area contributed by atoms with E-state index >= 15 is 0 Å². The summed E-state index contributed by atoms with van der Waals surface area (Å²) in [6, 6.07) is 11.8. The van der Waals surface area contributed by atoms with Gasteiger partial charge in [-0.3, -0.25) is 9.69 Å². The molecule has 1 saturated heterocycles. The molecule has 0 spiro atoms. The highest BCUT2D eigenvalue weighted by Gasteiger charge is 2.32. The molecular formula is C28H28ClF3N8O. The van der Waals surface area contributed by atoms with Gasteiger partial charge in [0.1, 0.15) is 18.0 Å². The van der Waals surface area contributed by atoms with Crippen molar-refractivity contribution in [3.05, 3.63) is 82.3 Å². The first kappa shape index (κ1) is 28.4. The minimum Gasteiger partial charge on any atom is -0.373 e. The first-order valence-corrected chi connectivity index (χ1v) is 13.3. The number of halogens is 4. The maximum Gasteiger partial charge on any atom is 0.416 e. The topological polar surface area (TPSA) is 100 Å². The summed E-state index contributed by atoms with van der Waals surface area (Å²) < 4.78 is 42.6. The number of rotatable bonds is 8. The monoisotopic (exact) mass is 584 g/mol. The third-order valence-corrected chi connectivity index (χ3v) is 6.96. The predicted molar refractivity (Wildman–Crippen MR) is 152 cm³/mol. The summed E-state index contributed by atoms with van der Waals surface area (Å²) in [4.78, 5) is 23.7. The van der Waals surface area contributed by atoms with Gasteiger partial charge in [-0.15, -0.1) is 0 Å². The molecule has 0 unspecified atom stereocenters. The molecule has 1 aliphatic rings. The van der Waals surface area contributed by atoms with Crippen LogP contribution in [0.4, 0.5) is 36.2 Å². The number of amides is 1. The maximum absolute atomic E-state index is 13.7. The van der Waals surface area contributed by atoms with Crippen molar-refractivity contribution in [1.29, 1.82) is 0 Å². The lowest BCUT2D eigenvalue weighted by Crippen LogP contribution is -2.20. The van der Waals surface area contributed by atoms with E-state index in [0.717, 1.165) is 38.1 Å². The molecule has 0 saturated carbocycles. The average Bonchev–Trinajstić information content (AvgIpc) is 3.59. The molecule has 0 aliphatic carbocycles. The second-order valence-corrected chi connectivity index (χ2v) is 10.2. The van der Waals surface area contributed by atoms with Crippen LogP contribution in [0.1, 0.15) is 40.0 Å². The Morgan fingerprint density at radius 1 is 1.05 bits per heavy atom. The number of carbonyl (C=O) groups is 1. The third kappa shape index (κ3) is 6.77. The minimum atomic E-state index is -4.58. The van der Waals surface area contributed by atoms with Gasteiger partial charge in [0.25, 0.3) is 5.91 Å². The Balaban J connectivity index is 1.39. The number of aryl methyl sites for hydroxylation is 1. The number of nitrogens with one attached hydrogen (secondary N) is 3. The van der Waals surface area contributed by atoms with Crippen molar-refractivity contribution < 1.29 is 18.0 Å². The molecule has 1 aliphatic heterocycles. The lowest BCUT2D eigenvalue weighted by molar-refractivity contribution is -0.137. The first-order valence-electron chi connectivity index (χ1n) is 13.0. The molecule has 4 aromatic rings. The zero-order chi connectivity index (χ0) is 29.1. The van der Waals surface area contributed by atoms with E-state index in [1.54, 1.807) is 42.1 Å². The van der Waals surface area contributed by atoms with Crippen molar-refractivity contribution in [2.24, 2.45) is 0 Å². The van der Waals surface area contributed by atoms with Gasteiger partial charge in [0.15, 0.2) is 5.82 Å². The van der Waals surface area contributed by atoms with Crippen LogP contribution in [0.5, 0.6) is 0 Å². The van der Waals surface area contributed by atoms with Gasteiger partial charge in [-0.1, -0.05) is 11.6 Å². The molecule has 41 heavy (non-hydrogen) atoms. The number of hydrogen-bond donors (Lipinski definition) is 3. The van der Waals surface area contributed by atoms with Crippen molar-refractivity contribution >= 4 is 40.5 Å². The highest BCUT2D eigenvalue weighted by molar-refractivity contribution is 6.33. The van der Waals surface area contributed by atoms with E-state index in [4.69, 9.17) is 11.6 Å². The van der Waals surface area contributed by atoms with Gasteiger partial charge in [0.05, 0.1) is 22.0 Å². The second-order valence-electron chi connectivity index (χ2n) is 9.77. The van der Waals surface area contributed by atoms with E-state index in [1.165, 1.54) is 12.4 Å². The quantitative estimate of drug-likeness (QED) is 0.224. The molecule has 2 aromatic heterocycles. The van der Waals surface area contributed by atoms with Crippen LogP contribution in [0.2, 0.25) is 5.02 Å². The maximum atomic E-state index is 13.7. The zero-order valence-electron chi connectivity index (χ0n) is 22.4. The van der Waals surface area contributed by atoms with Crippen LogP contribution in [0.3, 0.4) is 0 Å². The number of likely N-dealkylation sites (tertiary alicyclic amines) is 1. The molecule has 3 N–H and O–H groups in total. The number of benzene rings is 2. The molecule has 9 nitrogen and oxygen atoms in total. The third-order valence-electron chi connectivity index (χ3n) is 6.63. The molecule has 13 heteroatoms. The predicted octanol–water partition coefficient (Wildman–Crippen LogP) is 6.28. The number of nitrogens with zero attached hydrogens (tertiary/aromatic N) is 5. The largest absolute Gasteiger partial charge is 0.416 e. The zero-order valence-corrected chi connectivity index (χ0v) is 23.1. The molecule has 5 rings (SSSR count). The molecule has 2 aromatic carbocycles. The van der Waals surface area contributed by atoms with Crippen molar-refractivity contribution in [2.45, 2.75) is 32.5 Å². The van der Waals surface area contributed by atoms with Crippen molar-refractivity contribution in [1.82, 2.24) is 24.6 Å². The fourth-order valence-corrected chi connectivity index (χ4v) is 4.84. The van der Waals surface area contributed by atoms with E-state index in [-0.39, 0.29) is 5.56 Å². The van der Waals surface area contributed by atoms with E-state index in [1.807, 2.05) is 6.92 Å². The van der Waals surface area contributed by atoms with Crippen LogP contribution in [0.25, 0.3) is 5.82 Å². The van der Waals surface area contributed by atoms with Gasteiger partial charge in [0, 0.05) is 37.0 Å². The Labute approximate surface area is 239 Å². The molecular weight excluding hydrogens is 557 g/mol. The lowest BCUT2D eigenvalue weighted by atomic mass is 10.0. The molecule has 1 amide bonds. The van der Waals surface area contributed by atoms with E-state index in [2.05, 4.69) is 35.9 Å². The fraction of sp³-hybridized carbons (Fsp3) is 0.286. The van der Waals surface area contributed by atoms with Gasteiger partial charge in [-0.25, -0.2) is 9.97 Å². The highest BCUT2D eigenvalue weighted by atomic mass is 35.5. The molecule has 214 valence electrons. The SMILES string of the molecule is CNc1cc(-n2nc(C)cc2Nc2cc(NC(=O)c3cc(CN4CCCC4)cc(C(F)(F)F)c3)ccc2Cl)ncn1. The van der Waals surface area contributed by atoms with Crippen LogP contribution in [0, 0.1) is 6.92 Å². The Kier molecular flexibility index (Phi) is 8.13. The fourth-order valence-electron chi connectivity index (χ4n) is 4.68. The molecule has 0 radical (unpaired) electrons. The average molecular weight is 585 g/mol. The first-order chi connectivity index (χ1) is 19.6. The van der Waals surface area contributed by atoms with Crippen LogP contribution in [-0.2, 0) is 12.7 Å². The van der Waals surface area contributed by atoms with Crippen molar-refractivity contribution in [3.63, 3.8) is 0 Å². The van der Waals surface area contributed by atoms with Crippen molar-refractivity contribution in [3.8, 4) is 5.82 Å². The Bertz CT molecular complexity index is 1570. The van der Waals surface area contributed by atoms with Crippen LogP contribution < -0.4 is 16.0 Å². The van der Waals surface area contributed by atoms with Crippen LogP contribution in [-0.4, -0.2) is 50.7 Å². The number of alkyl halides is 3. The molecule has 0 bridgehead atoms. The number of hydrogen-bond acceptors (Lipinski definition) is 7. The van der Waals surface area contributed by atoms with Gasteiger partial charge in [-0.2, -0.15) is 23.0 Å². The number of aromatic nitrogens is 4. The normalized spacial score (nSPS) is 13.8. The number of anilines is 4. The summed E-state index contributed by atoms with van der Waals surface area (Å²) >= 11 is 6.46. The highest BCUT2D eigenvalue weighted by Crippen LogP contribution is 2.33. The van der Waals surface area contributed by atoms with Crippen LogP contribution >= 0.6 is 11.6 Å². The summed E-state index contributed by atoms with van der Waals surface area (Å²) in [6.45, 7) is 3.83. The van der Waals surface area contributed by atoms with Crippen LogP contribution in [0.15, 0.2) is 54.9 Å². The summed E-state index contributed by atoms with van der Waals surface area (Å²) in [5.74, 6) is 1.01. The van der Waals surface area contributed by atoms with E-state index in [0.29, 0.717) is 51.7 Å². The summed E-state index contributed by atoms with van der Waals surface area (Å²) in [5, 5.41) is 13.7. The minimum absolute atomic E-state index is 0.0729. The molecule has 1 fully saturated rings. The van der Waals surface area contributed by atoms with E-state index < -0.39 is 17.6 Å². The Morgan fingerprint density at radius 2 is 1.83 bits per heavy atom. The summed E-state index contributed by atoms with van der Waals surface area (Å²) in [7, 11) is 1.74. The van der Waals surface area contributed by atoms with E-state index in [9.17, 15) is 18.0 Å². The van der Waals surface area contributed by atoms with Gasteiger partial charge in [-0.05, 0) is 74.8 Å². The Hall–Kier alpha value is -4.16. The standard InChI is InChI=1S/C28H28ClF3N8O/c1-17-9-26(40(38-17)25-14-24(33-2)34-16-35-25)37-23-13-21(5-6-22(23)29)36-27(41)19-10-18(15-39-7-3-4-8-39)11-20(12-19)28(30,31)32/h5-6,9-14,16,37H,3-4,7-8,15H2,1-2H3,(H,36,41)(H,33,34,35). The van der Waals surface area contributed by atoms with Crippen molar-refractivity contribution in [2.75, 3.05) is 36.1 Å². The molecule has 0 atom stereocenters. The van der Waals surface area contributed by atoms with Gasteiger partial charge < -0.3 is 16.0 Å². The smallest absolute Gasteiger partial charge is 0.373 e. The number of carbonyl (C=O) groups excluding carboxylic acids is 1. The molecule has 3 heterocycles. The lowest BCUT2D eigenvalue weighted by Gasteiger charge is -2.17.